The molecule has 3 atom stereocenters. The molecule has 0 spiro atoms. The van der Waals surface area contributed by atoms with Crippen molar-refractivity contribution in [3.63, 3.8) is 0 Å². The van der Waals surface area contributed by atoms with Gasteiger partial charge in [-0.15, -0.1) is 13.2 Å². The van der Waals surface area contributed by atoms with Gasteiger partial charge in [0.15, 0.2) is 6.73 Å². The molecule has 222 valence electrons. The van der Waals surface area contributed by atoms with E-state index < -0.39 is 57.7 Å². The highest BCUT2D eigenvalue weighted by Gasteiger charge is 2.43. The van der Waals surface area contributed by atoms with E-state index in [-0.39, 0.29) is 41.3 Å². The van der Waals surface area contributed by atoms with Gasteiger partial charge in [-0.3, -0.25) is 18.7 Å². The van der Waals surface area contributed by atoms with E-state index in [9.17, 15) is 31.7 Å². The predicted molar refractivity (Wildman–Crippen MR) is 125 cm³/mol. The Balaban J connectivity index is 1.48. The molecule has 2 saturated carbocycles. The Morgan fingerprint density at radius 2 is 1.93 bits per heavy atom. The van der Waals surface area contributed by atoms with Crippen LogP contribution >= 0.6 is 7.82 Å². The zero-order valence-electron chi connectivity index (χ0n) is 21.2. The van der Waals surface area contributed by atoms with Crippen molar-refractivity contribution in [2.75, 3.05) is 5.32 Å². The first-order valence-corrected chi connectivity index (χ1v) is 13.5. The molecule has 0 saturated heterocycles. The van der Waals surface area contributed by atoms with Crippen LogP contribution < -0.4 is 10.6 Å². The highest BCUT2D eigenvalue weighted by Crippen LogP contribution is 2.40. The highest BCUT2D eigenvalue weighted by atomic mass is 31.2. The largest absolute Gasteiger partial charge is 0.522 e. The maximum Gasteiger partial charge on any atom is 0.522 e. The van der Waals surface area contributed by atoms with Crippen LogP contribution in [0.5, 0.6) is 0 Å². The molecule has 2 amide bonds. The number of ether oxygens (including phenoxy) is 2. The third-order valence-electron chi connectivity index (χ3n) is 6.45. The van der Waals surface area contributed by atoms with Crippen molar-refractivity contribution in [1.29, 1.82) is 0 Å². The fraction of sp³-hybridized carbons (Fsp3) is 0.619. The number of phosphoric ester groups is 1. The molecule has 2 aliphatic carbocycles. The number of nitrogens with one attached hydrogen (secondary N) is 2. The minimum atomic E-state index is -4.95. The van der Waals surface area contributed by atoms with Gasteiger partial charge in [0.05, 0.1) is 11.4 Å². The molecule has 2 aromatic heterocycles. The number of carbonyl (C=O) groups excluding carboxylic acids is 2. The van der Waals surface area contributed by atoms with Gasteiger partial charge in [0.2, 0.25) is 0 Å². The summed E-state index contributed by atoms with van der Waals surface area (Å²) in [6.07, 6.45) is -6.65. The molecule has 0 radical (unpaired) electrons. The van der Waals surface area contributed by atoms with Crippen molar-refractivity contribution >= 4 is 25.6 Å². The molecule has 19 heteroatoms. The first kappa shape index (κ1) is 29.9. The lowest BCUT2D eigenvalue weighted by Crippen LogP contribution is -2.38. The lowest BCUT2D eigenvalue weighted by molar-refractivity contribution is -0.330. The van der Waals surface area contributed by atoms with Gasteiger partial charge in [-0.05, 0) is 38.7 Å². The maximum atomic E-state index is 14.7. The molecular weight excluding hydrogens is 571 g/mol. The van der Waals surface area contributed by atoms with E-state index in [0.29, 0.717) is 0 Å². The topological polar surface area (TPSA) is 179 Å². The van der Waals surface area contributed by atoms with E-state index >= 15 is 0 Å². The first-order chi connectivity index (χ1) is 18.5. The van der Waals surface area contributed by atoms with E-state index in [2.05, 4.69) is 30.1 Å². The quantitative estimate of drug-likeness (QED) is 0.235. The number of nitrogens with zero attached hydrogens (tertiary/aromatic N) is 4. The summed E-state index contributed by atoms with van der Waals surface area (Å²) < 4.78 is 78.4. The van der Waals surface area contributed by atoms with Crippen molar-refractivity contribution in [1.82, 2.24) is 24.9 Å². The molecule has 2 aromatic rings. The van der Waals surface area contributed by atoms with Crippen LogP contribution in [0, 0.1) is 0 Å². The Morgan fingerprint density at radius 3 is 2.55 bits per heavy atom. The van der Waals surface area contributed by atoms with Gasteiger partial charge in [-0.2, -0.15) is 10.2 Å². The lowest BCUT2D eigenvalue weighted by atomic mass is 10.0. The maximum absolute atomic E-state index is 14.7. The number of alkyl carbamates (subject to hydrolysis) is 1. The third-order valence-corrected chi connectivity index (χ3v) is 6.90. The molecular formula is C21H27F4N6O8P. The lowest BCUT2D eigenvalue weighted by Gasteiger charge is -2.17. The van der Waals surface area contributed by atoms with Gasteiger partial charge in [0, 0.05) is 24.6 Å². The van der Waals surface area contributed by atoms with E-state index in [4.69, 9.17) is 14.5 Å². The Labute approximate surface area is 224 Å². The summed E-state index contributed by atoms with van der Waals surface area (Å²) in [5, 5.41) is 13.1. The number of alkyl halides is 4. The minimum Gasteiger partial charge on any atom is -0.443 e. The van der Waals surface area contributed by atoms with Crippen LogP contribution in [0.4, 0.5) is 28.2 Å². The van der Waals surface area contributed by atoms with Crippen LogP contribution in [0.3, 0.4) is 0 Å². The standard InChI is InChI=1S/C21H27F4N6O8P/c1-20(3-4-20)27-19(33)39-16-6-11(5-13(16)22)14-8-17(31(29-14)10-38-40(34,35)36)26-18(32)15-7-12(28-30(15)2)9-37-21(23,24)25/h7-8,11,13,16H,3-6,9-10H2,1-2H3,(H,26,32)(H,27,33)(H2,34,35,36)/t11-,13+,16-/m1/s1. The molecule has 2 heterocycles. The van der Waals surface area contributed by atoms with Gasteiger partial charge in [-0.1, -0.05) is 0 Å². The molecule has 0 aromatic carbocycles. The van der Waals surface area contributed by atoms with Crippen LogP contribution in [-0.2, 0) is 38.9 Å². The molecule has 0 aliphatic heterocycles. The summed E-state index contributed by atoms with van der Waals surface area (Å²) in [7, 11) is -3.64. The molecule has 2 fully saturated rings. The fourth-order valence-electron chi connectivity index (χ4n) is 4.15. The van der Waals surface area contributed by atoms with E-state index in [1.165, 1.54) is 13.1 Å². The van der Waals surface area contributed by atoms with Crippen molar-refractivity contribution in [3.8, 4) is 0 Å². The number of aromatic nitrogens is 4. The third kappa shape index (κ3) is 8.00. The normalized spacial score (nSPS) is 22.2. The predicted octanol–water partition coefficient (Wildman–Crippen LogP) is 2.83. The number of amides is 2. The summed E-state index contributed by atoms with van der Waals surface area (Å²) in [4.78, 5) is 43.2. The molecule has 14 nitrogen and oxygen atoms in total. The van der Waals surface area contributed by atoms with Gasteiger partial charge >= 0.3 is 20.3 Å². The average Bonchev–Trinajstić information content (AvgIpc) is 3.13. The summed E-state index contributed by atoms with van der Waals surface area (Å²) in [6.45, 7) is 0.0987. The molecule has 4 N–H and O–H groups in total. The first-order valence-electron chi connectivity index (χ1n) is 12.0. The summed E-state index contributed by atoms with van der Waals surface area (Å²) in [5.74, 6) is -1.54. The van der Waals surface area contributed by atoms with Crippen molar-refractivity contribution in [2.24, 2.45) is 7.05 Å². The van der Waals surface area contributed by atoms with Gasteiger partial charge < -0.3 is 25.2 Å². The van der Waals surface area contributed by atoms with E-state index in [1.54, 1.807) is 0 Å². The molecule has 0 bridgehead atoms. The van der Waals surface area contributed by atoms with Gasteiger partial charge in [-0.25, -0.2) is 18.4 Å². The second kappa shape index (κ2) is 11.1. The Kier molecular flexibility index (Phi) is 8.29. The summed E-state index contributed by atoms with van der Waals surface area (Å²) in [5.41, 5.74) is -0.488. The smallest absolute Gasteiger partial charge is 0.443 e. The van der Waals surface area contributed by atoms with Crippen LogP contribution in [0.1, 0.15) is 60.4 Å². The molecule has 0 unspecified atom stereocenters. The summed E-state index contributed by atoms with van der Waals surface area (Å²) in [6, 6.07) is 2.39. The van der Waals surface area contributed by atoms with Gasteiger partial charge in [0.1, 0.15) is 30.4 Å². The van der Waals surface area contributed by atoms with Crippen molar-refractivity contribution < 1.29 is 55.5 Å². The van der Waals surface area contributed by atoms with Gasteiger partial charge in [0.25, 0.3) is 5.91 Å². The van der Waals surface area contributed by atoms with E-state index in [0.717, 1.165) is 28.3 Å². The Hall–Kier alpha value is -3.05. The Morgan fingerprint density at radius 1 is 1.23 bits per heavy atom. The minimum absolute atomic E-state index is 0.0549. The molecule has 40 heavy (non-hydrogen) atoms. The van der Waals surface area contributed by atoms with Crippen LogP contribution in [0.2, 0.25) is 0 Å². The monoisotopic (exact) mass is 598 g/mol. The number of halogens is 4. The summed E-state index contributed by atoms with van der Waals surface area (Å²) >= 11 is 0. The van der Waals surface area contributed by atoms with Crippen LogP contribution in [0.25, 0.3) is 0 Å². The zero-order chi connectivity index (χ0) is 29.5. The van der Waals surface area contributed by atoms with Crippen molar-refractivity contribution in [2.45, 2.75) is 76.0 Å². The average molecular weight is 598 g/mol. The molecule has 4 rings (SSSR count). The fourth-order valence-corrected chi connectivity index (χ4v) is 4.41. The SMILES string of the molecule is Cn1nc(COC(F)(F)F)cc1C(=O)Nc1cc([C@@H]2C[C@H](F)[C@H](OC(=O)NC3(C)CC3)C2)nn1COP(=O)(O)O. The van der Waals surface area contributed by atoms with Crippen molar-refractivity contribution in [3.05, 3.63) is 29.2 Å². The highest BCUT2D eigenvalue weighted by molar-refractivity contribution is 7.46. The number of carbonyl (C=O) groups is 2. The number of anilines is 1. The van der Waals surface area contributed by atoms with Crippen LogP contribution in [0.15, 0.2) is 12.1 Å². The second-order valence-corrected chi connectivity index (χ2v) is 11.1. The molecule has 2 aliphatic rings. The van der Waals surface area contributed by atoms with Crippen LogP contribution in [-0.4, -0.2) is 65.5 Å². The second-order valence-electron chi connectivity index (χ2n) is 9.85. The van der Waals surface area contributed by atoms with E-state index in [1.807, 2.05) is 6.92 Å². The number of hydrogen-bond donors (Lipinski definition) is 4. The number of phosphoric acid groups is 1. The number of hydrogen-bond acceptors (Lipinski definition) is 8. The Bertz CT molecular complexity index is 1310. The number of aryl methyl sites for hydroxylation is 1. The number of rotatable bonds is 10. The zero-order valence-corrected chi connectivity index (χ0v) is 22.1.